The first kappa shape index (κ1) is 11.9. The highest BCUT2D eigenvalue weighted by Crippen LogP contribution is 2.13. The SMILES string of the molecule is c1cncc(CCNCc2ccc3[nH]ccc3c2)c1. The molecule has 2 heterocycles. The maximum Gasteiger partial charge on any atom is 0.0454 e. The average Bonchev–Trinajstić information content (AvgIpc) is 2.92. The smallest absolute Gasteiger partial charge is 0.0454 e. The lowest BCUT2D eigenvalue weighted by Gasteiger charge is -2.05. The van der Waals surface area contributed by atoms with Crippen LogP contribution < -0.4 is 5.32 Å². The number of hydrogen-bond donors (Lipinski definition) is 2. The second-order valence-corrected chi connectivity index (χ2v) is 4.69. The van der Waals surface area contributed by atoms with Gasteiger partial charge in [0.05, 0.1) is 0 Å². The number of rotatable bonds is 5. The van der Waals surface area contributed by atoms with E-state index in [9.17, 15) is 0 Å². The molecule has 3 heteroatoms. The molecular weight excluding hydrogens is 234 g/mol. The summed E-state index contributed by atoms with van der Waals surface area (Å²) in [6.07, 6.45) is 6.72. The summed E-state index contributed by atoms with van der Waals surface area (Å²) in [4.78, 5) is 7.33. The number of benzene rings is 1. The molecule has 0 amide bonds. The number of H-pyrrole nitrogens is 1. The first-order chi connectivity index (χ1) is 9.42. The van der Waals surface area contributed by atoms with E-state index in [-0.39, 0.29) is 0 Å². The highest BCUT2D eigenvalue weighted by atomic mass is 14.8. The van der Waals surface area contributed by atoms with Gasteiger partial charge in [0.15, 0.2) is 0 Å². The summed E-state index contributed by atoms with van der Waals surface area (Å²) in [7, 11) is 0. The molecule has 0 bridgehead atoms. The molecule has 0 aliphatic rings. The Bertz CT molecular complexity index is 643. The Morgan fingerprint density at radius 3 is 3.00 bits per heavy atom. The van der Waals surface area contributed by atoms with Crippen LogP contribution in [0.15, 0.2) is 55.0 Å². The van der Waals surface area contributed by atoms with Crippen LogP contribution in [0.3, 0.4) is 0 Å². The van der Waals surface area contributed by atoms with Gasteiger partial charge in [0, 0.05) is 30.7 Å². The zero-order chi connectivity index (χ0) is 12.9. The van der Waals surface area contributed by atoms with E-state index in [1.165, 1.54) is 22.0 Å². The fourth-order valence-corrected chi connectivity index (χ4v) is 2.22. The summed E-state index contributed by atoms with van der Waals surface area (Å²) in [6.45, 7) is 1.87. The van der Waals surface area contributed by atoms with E-state index in [2.05, 4.69) is 45.6 Å². The molecule has 0 saturated carbocycles. The number of hydrogen-bond acceptors (Lipinski definition) is 2. The Morgan fingerprint density at radius 2 is 2.11 bits per heavy atom. The van der Waals surface area contributed by atoms with Crippen molar-refractivity contribution in [1.29, 1.82) is 0 Å². The lowest BCUT2D eigenvalue weighted by Crippen LogP contribution is -2.16. The Kier molecular flexibility index (Phi) is 3.56. The number of aromatic nitrogens is 2. The van der Waals surface area contributed by atoms with E-state index in [1.54, 1.807) is 0 Å². The standard InChI is InChI=1S/C16H17N3/c1-2-13(11-17-7-1)5-8-18-12-14-3-4-16-15(10-14)6-9-19-16/h1-4,6-7,9-11,18-19H,5,8,12H2. The minimum absolute atomic E-state index is 0.904. The van der Waals surface area contributed by atoms with E-state index in [0.717, 1.165) is 19.5 Å². The van der Waals surface area contributed by atoms with E-state index in [1.807, 2.05) is 24.7 Å². The summed E-state index contributed by atoms with van der Waals surface area (Å²) in [5.74, 6) is 0. The quantitative estimate of drug-likeness (QED) is 0.685. The molecule has 2 N–H and O–H groups in total. The van der Waals surface area contributed by atoms with Crippen molar-refractivity contribution in [3.05, 3.63) is 66.1 Å². The van der Waals surface area contributed by atoms with Crippen LogP contribution in [0, 0.1) is 0 Å². The lowest BCUT2D eigenvalue weighted by molar-refractivity contribution is 0.686. The highest BCUT2D eigenvalue weighted by molar-refractivity contribution is 5.79. The van der Waals surface area contributed by atoms with E-state index < -0.39 is 0 Å². The van der Waals surface area contributed by atoms with Gasteiger partial charge >= 0.3 is 0 Å². The normalized spacial score (nSPS) is 10.9. The summed E-state index contributed by atoms with van der Waals surface area (Å²) in [6, 6.07) is 12.7. The van der Waals surface area contributed by atoms with Crippen molar-refractivity contribution in [2.45, 2.75) is 13.0 Å². The Hall–Kier alpha value is -2.13. The molecule has 0 saturated heterocycles. The minimum atomic E-state index is 0.904. The molecule has 0 unspecified atom stereocenters. The van der Waals surface area contributed by atoms with Crippen LogP contribution in [0.2, 0.25) is 0 Å². The van der Waals surface area contributed by atoms with Crippen molar-refractivity contribution < 1.29 is 0 Å². The van der Waals surface area contributed by atoms with Crippen molar-refractivity contribution in [2.75, 3.05) is 6.54 Å². The maximum absolute atomic E-state index is 4.12. The van der Waals surface area contributed by atoms with Gasteiger partial charge in [0.1, 0.15) is 0 Å². The van der Waals surface area contributed by atoms with Gasteiger partial charge in [-0.15, -0.1) is 0 Å². The highest BCUT2D eigenvalue weighted by Gasteiger charge is 1.97. The summed E-state index contributed by atoms with van der Waals surface area (Å²) >= 11 is 0. The maximum atomic E-state index is 4.12. The number of aromatic amines is 1. The third kappa shape index (κ3) is 3.01. The molecule has 3 nitrogen and oxygen atoms in total. The molecule has 0 fully saturated rings. The first-order valence-electron chi connectivity index (χ1n) is 6.57. The van der Waals surface area contributed by atoms with Crippen molar-refractivity contribution in [1.82, 2.24) is 15.3 Å². The van der Waals surface area contributed by atoms with Crippen LogP contribution >= 0.6 is 0 Å². The zero-order valence-corrected chi connectivity index (χ0v) is 10.8. The third-order valence-electron chi connectivity index (χ3n) is 3.26. The van der Waals surface area contributed by atoms with Crippen molar-refractivity contribution in [3.63, 3.8) is 0 Å². The fraction of sp³-hybridized carbons (Fsp3) is 0.188. The minimum Gasteiger partial charge on any atom is -0.361 e. The predicted octanol–water partition coefficient (Wildman–Crippen LogP) is 2.90. The monoisotopic (exact) mass is 251 g/mol. The van der Waals surface area contributed by atoms with Crippen LogP contribution in [0.5, 0.6) is 0 Å². The number of nitrogens with one attached hydrogen (secondary N) is 2. The number of fused-ring (bicyclic) bond motifs is 1. The van der Waals surface area contributed by atoms with Crippen molar-refractivity contribution >= 4 is 10.9 Å². The lowest BCUT2D eigenvalue weighted by atomic mass is 10.1. The Labute approximate surface area is 112 Å². The average molecular weight is 251 g/mol. The van der Waals surface area contributed by atoms with Crippen LogP contribution in [0.4, 0.5) is 0 Å². The van der Waals surface area contributed by atoms with Crippen LogP contribution in [0.1, 0.15) is 11.1 Å². The molecular formula is C16H17N3. The van der Waals surface area contributed by atoms with Gasteiger partial charge in [-0.2, -0.15) is 0 Å². The molecule has 3 aromatic rings. The fourth-order valence-electron chi connectivity index (χ4n) is 2.22. The second-order valence-electron chi connectivity index (χ2n) is 4.69. The zero-order valence-electron chi connectivity index (χ0n) is 10.8. The number of pyridine rings is 1. The summed E-state index contributed by atoms with van der Waals surface area (Å²) < 4.78 is 0. The van der Waals surface area contributed by atoms with Crippen molar-refractivity contribution in [3.8, 4) is 0 Å². The predicted molar refractivity (Wildman–Crippen MR) is 77.9 cm³/mol. The van der Waals surface area contributed by atoms with Gasteiger partial charge < -0.3 is 10.3 Å². The van der Waals surface area contributed by atoms with Gasteiger partial charge in [-0.1, -0.05) is 12.1 Å². The molecule has 1 aromatic carbocycles. The van der Waals surface area contributed by atoms with Gasteiger partial charge in [-0.25, -0.2) is 0 Å². The molecule has 0 radical (unpaired) electrons. The van der Waals surface area contributed by atoms with E-state index >= 15 is 0 Å². The van der Waals surface area contributed by atoms with Crippen LogP contribution in [-0.4, -0.2) is 16.5 Å². The largest absolute Gasteiger partial charge is 0.361 e. The molecule has 0 atom stereocenters. The Balaban J connectivity index is 1.52. The van der Waals surface area contributed by atoms with Crippen molar-refractivity contribution in [2.24, 2.45) is 0 Å². The van der Waals surface area contributed by atoms with E-state index in [0.29, 0.717) is 0 Å². The third-order valence-corrected chi connectivity index (χ3v) is 3.26. The molecule has 0 aliphatic heterocycles. The molecule has 96 valence electrons. The summed E-state index contributed by atoms with van der Waals surface area (Å²) in [5.41, 5.74) is 3.79. The molecule has 19 heavy (non-hydrogen) atoms. The Morgan fingerprint density at radius 1 is 1.11 bits per heavy atom. The number of nitrogens with zero attached hydrogens (tertiary/aromatic N) is 1. The molecule has 0 spiro atoms. The molecule has 3 rings (SSSR count). The first-order valence-corrected chi connectivity index (χ1v) is 6.57. The topological polar surface area (TPSA) is 40.7 Å². The second kappa shape index (κ2) is 5.67. The molecule has 0 aliphatic carbocycles. The van der Waals surface area contributed by atoms with Crippen LogP contribution in [0.25, 0.3) is 10.9 Å². The van der Waals surface area contributed by atoms with Gasteiger partial charge in [-0.05, 0) is 53.7 Å². The van der Waals surface area contributed by atoms with Gasteiger partial charge in [-0.3, -0.25) is 4.98 Å². The van der Waals surface area contributed by atoms with E-state index in [4.69, 9.17) is 0 Å². The van der Waals surface area contributed by atoms with Crippen LogP contribution in [-0.2, 0) is 13.0 Å². The van der Waals surface area contributed by atoms with Gasteiger partial charge in [0.25, 0.3) is 0 Å². The summed E-state index contributed by atoms with van der Waals surface area (Å²) in [5, 5.41) is 4.74. The van der Waals surface area contributed by atoms with Gasteiger partial charge in [0.2, 0.25) is 0 Å². The molecule has 2 aromatic heterocycles.